The Labute approximate surface area is 198 Å². The average molecular weight is 505 g/mol. The van der Waals surface area contributed by atoms with Gasteiger partial charge in [-0.1, -0.05) is 36.7 Å². The van der Waals surface area contributed by atoms with Gasteiger partial charge >= 0.3 is 6.09 Å². The SMILES string of the molecule is CC(C)(C)[C@@H]1[C@H](OC2CCC(Br)C(n3ccc(-c4ccncc4)n3)C2)CCCN1C(=O)O. The van der Waals surface area contributed by atoms with E-state index < -0.39 is 6.09 Å². The minimum atomic E-state index is -0.847. The van der Waals surface area contributed by atoms with E-state index in [1.54, 1.807) is 17.3 Å². The third kappa shape index (κ3) is 5.01. The fourth-order valence-electron chi connectivity index (χ4n) is 5.26. The van der Waals surface area contributed by atoms with Crippen molar-refractivity contribution in [3.8, 4) is 11.3 Å². The van der Waals surface area contributed by atoms with E-state index in [1.165, 1.54) is 0 Å². The zero-order valence-electron chi connectivity index (χ0n) is 19.0. The first-order chi connectivity index (χ1) is 15.2. The number of pyridine rings is 1. The number of rotatable bonds is 4. The molecule has 0 bridgehead atoms. The van der Waals surface area contributed by atoms with E-state index in [1.807, 2.05) is 24.4 Å². The Morgan fingerprint density at radius 1 is 1.19 bits per heavy atom. The highest BCUT2D eigenvalue weighted by Gasteiger charge is 2.44. The molecule has 1 saturated heterocycles. The van der Waals surface area contributed by atoms with E-state index in [4.69, 9.17) is 9.84 Å². The number of carbonyl (C=O) groups is 1. The molecule has 2 aliphatic rings. The van der Waals surface area contributed by atoms with Crippen molar-refractivity contribution >= 4 is 22.0 Å². The lowest BCUT2D eigenvalue weighted by Crippen LogP contribution is -2.58. The number of nitrogens with zero attached hydrogens (tertiary/aromatic N) is 4. The molecule has 32 heavy (non-hydrogen) atoms. The van der Waals surface area contributed by atoms with Gasteiger partial charge in [0.2, 0.25) is 0 Å². The van der Waals surface area contributed by atoms with E-state index >= 15 is 0 Å². The molecule has 174 valence electrons. The fourth-order valence-corrected chi connectivity index (χ4v) is 5.98. The molecule has 1 aliphatic carbocycles. The van der Waals surface area contributed by atoms with Crippen LogP contribution in [-0.4, -0.2) is 60.5 Å². The molecule has 3 heterocycles. The van der Waals surface area contributed by atoms with Crippen LogP contribution >= 0.6 is 15.9 Å². The Hall–Kier alpha value is -1.93. The van der Waals surface area contributed by atoms with Gasteiger partial charge in [-0.2, -0.15) is 5.10 Å². The van der Waals surface area contributed by atoms with Crippen LogP contribution in [0.4, 0.5) is 4.79 Å². The van der Waals surface area contributed by atoms with Crippen molar-refractivity contribution in [3.05, 3.63) is 36.8 Å². The summed E-state index contributed by atoms with van der Waals surface area (Å²) < 4.78 is 8.72. The summed E-state index contributed by atoms with van der Waals surface area (Å²) in [6.45, 7) is 6.91. The number of ether oxygens (including phenoxy) is 1. The maximum absolute atomic E-state index is 11.9. The summed E-state index contributed by atoms with van der Waals surface area (Å²) >= 11 is 3.87. The third-order valence-corrected chi connectivity index (χ3v) is 7.75. The summed E-state index contributed by atoms with van der Waals surface area (Å²) in [6, 6.07) is 6.03. The van der Waals surface area contributed by atoms with Crippen molar-refractivity contribution in [1.29, 1.82) is 0 Å². The van der Waals surface area contributed by atoms with Crippen LogP contribution in [0.5, 0.6) is 0 Å². The molecule has 0 radical (unpaired) electrons. The van der Waals surface area contributed by atoms with E-state index in [-0.39, 0.29) is 29.7 Å². The van der Waals surface area contributed by atoms with Gasteiger partial charge in [0.15, 0.2) is 0 Å². The minimum absolute atomic E-state index is 0.0811. The highest BCUT2D eigenvalue weighted by molar-refractivity contribution is 9.09. The maximum atomic E-state index is 11.9. The number of piperidine rings is 1. The predicted molar refractivity (Wildman–Crippen MR) is 127 cm³/mol. The second-order valence-corrected chi connectivity index (χ2v) is 11.2. The van der Waals surface area contributed by atoms with E-state index in [9.17, 15) is 9.90 Å². The van der Waals surface area contributed by atoms with Crippen LogP contribution in [0.15, 0.2) is 36.8 Å². The van der Waals surface area contributed by atoms with Crippen molar-refractivity contribution in [1.82, 2.24) is 19.7 Å². The summed E-state index contributed by atoms with van der Waals surface area (Å²) in [6.07, 6.45) is 9.32. The second kappa shape index (κ2) is 9.51. The van der Waals surface area contributed by atoms with Crippen LogP contribution in [0, 0.1) is 5.41 Å². The second-order valence-electron chi connectivity index (χ2n) is 10.0. The highest BCUT2D eigenvalue weighted by atomic mass is 79.9. The molecule has 1 N–H and O–H groups in total. The third-order valence-electron chi connectivity index (χ3n) is 6.69. The topological polar surface area (TPSA) is 80.5 Å². The Morgan fingerprint density at radius 2 is 1.94 bits per heavy atom. The Morgan fingerprint density at radius 3 is 2.62 bits per heavy atom. The van der Waals surface area contributed by atoms with Crippen LogP contribution in [0.25, 0.3) is 11.3 Å². The molecule has 5 atom stereocenters. The molecule has 0 spiro atoms. The molecule has 0 aromatic carbocycles. The van der Waals surface area contributed by atoms with Crippen molar-refractivity contribution in [3.63, 3.8) is 0 Å². The first-order valence-corrected chi connectivity index (χ1v) is 12.4. The van der Waals surface area contributed by atoms with Gasteiger partial charge in [0.05, 0.1) is 30.0 Å². The standard InChI is InChI=1S/C24H33BrN4O3/c1-24(2,3)22-21(5-4-13-28(22)23(30)31)32-17-6-7-18(25)20(15-17)29-14-10-19(27-29)16-8-11-26-12-9-16/h8-12,14,17-18,20-22H,4-7,13,15H2,1-3H3,(H,30,31)/t17?,18?,20?,21-,22+/m1/s1. The number of alkyl halides is 1. The van der Waals surface area contributed by atoms with Crippen molar-refractivity contribution in [2.75, 3.05) is 6.54 Å². The molecular formula is C24H33BrN4O3. The monoisotopic (exact) mass is 504 g/mol. The summed E-state index contributed by atoms with van der Waals surface area (Å²) in [4.78, 5) is 17.9. The summed E-state index contributed by atoms with van der Waals surface area (Å²) in [5.74, 6) is 0. The van der Waals surface area contributed by atoms with Crippen LogP contribution in [0.2, 0.25) is 0 Å². The van der Waals surface area contributed by atoms with Crippen LogP contribution in [-0.2, 0) is 4.74 Å². The molecule has 8 heteroatoms. The molecular weight excluding hydrogens is 472 g/mol. The molecule has 2 aromatic heterocycles. The van der Waals surface area contributed by atoms with Crippen molar-refractivity contribution in [2.24, 2.45) is 5.41 Å². The van der Waals surface area contributed by atoms with Crippen LogP contribution in [0.1, 0.15) is 58.9 Å². The van der Waals surface area contributed by atoms with E-state index in [2.05, 4.69) is 46.4 Å². The lowest BCUT2D eigenvalue weighted by molar-refractivity contribution is -0.112. The number of aromatic nitrogens is 3. The van der Waals surface area contributed by atoms with Crippen molar-refractivity contribution < 1.29 is 14.6 Å². The maximum Gasteiger partial charge on any atom is 0.407 e. The van der Waals surface area contributed by atoms with Gasteiger partial charge in [0, 0.05) is 35.5 Å². The number of halogens is 1. The summed E-state index contributed by atoms with van der Waals surface area (Å²) in [5.41, 5.74) is 1.81. The first-order valence-electron chi connectivity index (χ1n) is 11.5. The number of hydrogen-bond donors (Lipinski definition) is 1. The van der Waals surface area contributed by atoms with Gasteiger partial charge < -0.3 is 14.7 Å². The molecule has 1 amide bonds. The average Bonchev–Trinajstić information content (AvgIpc) is 3.25. The quantitative estimate of drug-likeness (QED) is 0.565. The van der Waals surface area contributed by atoms with Gasteiger partial charge in [-0.25, -0.2) is 4.79 Å². The number of carboxylic acid groups (broad SMARTS) is 1. The lowest BCUT2D eigenvalue weighted by atomic mass is 9.78. The minimum Gasteiger partial charge on any atom is -0.465 e. The zero-order chi connectivity index (χ0) is 22.9. The smallest absolute Gasteiger partial charge is 0.407 e. The molecule has 7 nitrogen and oxygen atoms in total. The zero-order valence-corrected chi connectivity index (χ0v) is 20.6. The summed E-state index contributed by atoms with van der Waals surface area (Å²) in [7, 11) is 0. The molecule has 2 aromatic rings. The molecule has 1 aliphatic heterocycles. The fraction of sp³-hybridized carbons (Fsp3) is 0.625. The molecule has 1 saturated carbocycles. The van der Waals surface area contributed by atoms with Gasteiger partial charge in [0.1, 0.15) is 0 Å². The van der Waals surface area contributed by atoms with E-state index in [0.717, 1.165) is 43.4 Å². The van der Waals surface area contributed by atoms with Gasteiger partial charge in [-0.15, -0.1) is 0 Å². The van der Waals surface area contributed by atoms with Crippen molar-refractivity contribution in [2.45, 2.75) is 82.0 Å². The molecule has 3 unspecified atom stereocenters. The van der Waals surface area contributed by atoms with Gasteiger partial charge in [0.25, 0.3) is 0 Å². The van der Waals surface area contributed by atoms with Gasteiger partial charge in [-0.3, -0.25) is 9.67 Å². The van der Waals surface area contributed by atoms with E-state index in [0.29, 0.717) is 11.4 Å². The highest BCUT2D eigenvalue weighted by Crippen LogP contribution is 2.39. The number of hydrogen-bond acceptors (Lipinski definition) is 4. The first kappa shape index (κ1) is 23.2. The molecule has 2 fully saturated rings. The predicted octanol–water partition coefficient (Wildman–Crippen LogP) is 5.38. The van der Waals surface area contributed by atoms with Gasteiger partial charge in [-0.05, 0) is 55.7 Å². The Kier molecular flexibility index (Phi) is 6.91. The lowest BCUT2D eigenvalue weighted by Gasteiger charge is -2.48. The normalized spacial score (nSPS) is 29.1. The van der Waals surface area contributed by atoms with Crippen LogP contribution < -0.4 is 0 Å². The number of likely N-dealkylation sites (tertiary alicyclic amines) is 1. The molecule has 4 rings (SSSR count). The largest absolute Gasteiger partial charge is 0.465 e. The van der Waals surface area contributed by atoms with Crippen LogP contribution in [0.3, 0.4) is 0 Å². The summed E-state index contributed by atoms with van der Waals surface area (Å²) in [5, 5.41) is 14.6. The Bertz CT molecular complexity index is 913. The number of amides is 1. The Balaban J connectivity index is 1.48.